The van der Waals surface area contributed by atoms with Crippen LogP contribution in [0.25, 0.3) is 0 Å². The number of aryl methyl sites for hydroxylation is 1. The Morgan fingerprint density at radius 2 is 1.93 bits per heavy atom. The normalized spacial score (nSPS) is 9.85. The lowest BCUT2D eigenvalue weighted by Gasteiger charge is -2.13. The molecule has 0 aliphatic rings. The number of halogens is 1. The van der Waals surface area contributed by atoms with E-state index in [0.29, 0.717) is 16.9 Å². The zero-order valence-corrected chi connectivity index (χ0v) is 16.9. The molecule has 0 bridgehead atoms. The van der Waals surface area contributed by atoms with Crippen molar-refractivity contribution in [1.29, 1.82) is 0 Å². The van der Waals surface area contributed by atoms with Gasteiger partial charge in [0.2, 0.25) is 0 Å². The molecule has 0 saturated heterocycles. The average Bonchev–Trinajstić information content (AvgIpc) is 2.66. The number of carbonyl (C=O) groups excluding carboxylic acids is 2. The van der Waals surface area contributed by atoms with Gasteiger partial charge >= 0.3 is 0 Å². The van der Waals surface area contributed by atoms with E-state index < -0.39 is 11.8 Å². The van der Waals surface area contributed by atoms with Gasteiger partial charge in [0.05, 0.1) is 5.56 Å². The third-order valence-electron chi connectivity index (χ3n) is 3.44. The van der Waals surface area contributed by atoms with Gasteiger partial charge in [-0.05, 0) is 49.0 Å². The number of ether oxygens (including phenoxy) is 1. The molecule has 0 saturated carbocycles. The first kappa shape index (κ1) is 20.6. The molecular formula is C19H18BrN3O3S. The minimum Gasteiger partial charge on any atom is -0.489 e. The van der Waals surface area contributed by atoms with Crippen molar-refractivity contribution in [2.24, 2.45) is 0 Å². The summed E-state index contributed by atoms with van der Waals surface area (Å²) >= 11 is 8.42. The molecule has 2 amide bonds. The van der Waals surface area contributed by atoms with Gasteiger partial charge in [-0.15, -0.1) is 0 Å². The van der Waals surface area contributed by atoms with Gasteiger partial charge in [-0.1, -0.05) is 46.8 Å². The van der Waals surface area contributed by atoms with E-state index in [2.05, 4.69) is 38.7 Å². The molecule has 2 rings (SSSR count). The van der Waals surface area contributed by atoms with Gasteiger partial charge in [-0.25, -0.2) is 0 Å². The third-order valence-corrected chi connectivity index (χ3v) is 4.50. The number of amides is 2. The smallest absolute Gasteiger partial charge is 0.273 e. The fourth-order valence-corrected chi connectivity index (χ4v) is 2.57. The first-order valence-electron chi connectivity index (χ1n) is 7.93. The minimum absolute atomic E-state index is 0.0328. The number of hydrogen-bond donors (Lipinski definition) is 3. The number of hydrogen-bond acceptors (Lipinski definition) is 4. The summed E-state index contributed by atoms with van der Waals surface area (Å²) in [7, 11) is 0. The molecular weight excluding hydrogens is 430 g/mol. The fourth-order valence-electron chi connectivity index (χ4n) is 2.05. The van der Waals surface area contributed by atoms with Crippen molar-refractivity contribution in [2.45, 2.75) is 6.92 Å². The van der Waals surface area contributed by atoms with Gasteiger partial charge in [0.1, 0.15) is 12.4 Å². The molecule has 0 fully saturated rings. The van der Waals surface area contributed by atoms with E-state index in [-0.39, 0.29) is 11.7 Å². The van der Waals surface area contributed by atoms with Crippen LogP contribution in [-0.2, 0) is 0 Å². The lowest BCUT2D eigenvalue weighted by Crippen LogP contribution is -2.48. The molecule has 140 valence electrons. The molecule has 0 heterocycles. The topological polar surface area (TPSA) is 79.5 Å². The Hall–Kier alpha value is -2.71. The molecule has 0 aliphatic heterocycles. The fraction of sp³-hybridized carbons (Fsp3) is 0.105. The first-order chi connectivity index (χ1) is 12.9. The third kappa shape index (κ3) is 5.90. The van der Waals surface area contributed by atoms with Crippen LogP contribution < -0.4 is 20.9 Å². The van der Waals surface area contributed by atoms with Crippen LogP contribution in [0.2, 0.25) is 0 Å². The van der Waals surface area contributed by atoms with Crippen molar-refractivity contribution in [3.63, 3.8) is 0 Å². The van der Waals surface area contributed by atoms with E-state index in [1.807, 2.05) is 13.0 Å². The maximum Gasteiger partial charge on any atom is 0.273 e. The highest BCUT2D eigenvalue weighted by atomic mass is 79.9. The molecule has 0 aromatic heterocycles. The van der Waals surface area contributed by atoms with Crippen LogP contribution in [0.1, 0.15) is 26.3 Å². The Bertz CT molecular complexity index is 886. The Morgan fingerprint density at radius 1 is 1.19 bits per heavy atom. The number of hydrazine groups is 1. The SMILES string of the molecule is C=CCOc1ccccc1C(=O)NNC(=S)NC(=O)c1ccc(C)c(Br)c1. The Balaban J connectivity index is 1.93. The molecule has 8 heteroatoms. The maximum absolute atomic E-state index is 12.3. The predicted octanol–water partition coefficient (Wildman–Crippen LogP) is 3.27. The zero-order valence-electron chi connectivity index (χ0n) is 14.5. The van der Waals surface area contributed by atoms with Crippen molar-refractivity contribution in [3.05, 3.63) is 76.3 Å². The second kappa shape index (κ2) is 9.84. The lowest BCUT2D eigenvalue weighted by molar-refractivity contribution is 0.0931. The van der Waals surface area contributed by atoms with Crippen molar-refractivity contribution in [2.75, 3.05) is 6.61 Å². The molecule has 2 aromatic carbocycles. The molecule has 0 radical (unpaired) electrons. The highest BCUT2D eigenvalue weighted by molar-refractivity contribution is 9.10. The second-order valence-corrected chi connectivity index (χ2v) is 6.68. The minimum atomic E-state index is -0.454. The molecule has 27 heavy (non-hydrogen) atoms. The van der Waals surface area contributed by atoms with Crippen LogP contribution in [-0.4, -0.2) is 23.5 Å². The van der Waals surface area contributed by atoms with Crippen molar-refractivity contribution >= 4 is 45.1 Å². The molecule has 0 atom stereocenters. The summed E-state index contributed by atoms with van der Waals surface area (Å²) in [6.45, 7) is 5.77. The van der Waals surface area contributed by atoms with Gasteiger partial charge < -0.3 is 4.74 Å². The quantitative estimate of drug-likeness (QED) is 0.372. The highest BCUT2D eigenvalue weighted by Gasteiger charge is 2.13. The summed E-state index contributed by atoms with van der Waals surface area (Å²) in [4.78, 5) is 24.5. The summed E-state index contributed by atoms with van der Waals surface area (Å²) in [5.74, 6) is -0.433. The number of benzene rings is 2. The van der Waals surface area contributed by atoms with Crippen LogP contribution in [0.4, 0.5) is 0 Å². The number of nitrogens with one attached hydrogen (secondary N) is 3. The molecule has 3 N–H and O–H groups in total. The number of rotatable bonds is 5. The lowest BCUT2D eigenvalue weighted by atomic mass is 10.1. The first-order valence-corrected chi connectivity index (χ1v) is 9.13. The number of thiocarbonyl (C=S) groups is 1. The van der Waals surface area contributed by atoms with Crippen LogP contribution in [0.15, 0.2) is 59.6 Å². The number of para-hydroxylation sites is 1. The van der Waals surface area contributed by atoms with E-state index >= 15 is 0 Å². The largest absolute Gasteiger partial charge is 0.489 e. The van der Waals surface area contributed by atoms with Gasteiger partial charge in [0.25, 0.3) is 11.8 Å². The van der Waals surface area contributed by atoms with Crippen LogP contribution in [0, 0.1) is 6.92 Å². The molecule has 2 aromatic rings. The van der Waals surface area contributed by atoms with Gasteiger partial charge in [0, 0.05) is 10.0 Å². The van der Waals surface area contributed by atoms with E-state index in [0.717, 1.165) is 10.0 Å². The number of carbonyl (C=O) groups is 2. The van der Waals surface area contributed by atoms with Crippen molar-refractivity contribution in [1.82, 2.24) is 16.2 Å². The standard InChI is InChI=1S/C19H18BrN3O3S/c1-3-10-26-16-7-5-4-6-14(16)18(25)22-23-19(27)21-17(24)13-9-8-12(2)15(20)11-13/h3-9,11H,1,10H2,2H3,(H,22,25)(H2,21,23,24,27). The average molecular weight is 448 g/mol. The highest BCUT2D eigenvalue weighted by Crippen LogP contribution is 2.18. The summed E-state index contributed by atoms with van der Waals surface area (Å²) in [5.41, 5.74) is 6.71. The van der Waals surface area contributed by atoms with Gasteiger partial charge in [0.15, 0.2) is 5.11 Å². The van der Waals surface area contributed by atoms with E-state index in [1.54, 1.807) is 42.5 Å². The van der Waals surface area contributed by atoms with E-state index in [4.69, 9.17) is 17.0 Å². The molecule has 0 unspecified atom stereocenters. The van der Waals surface area contributed by atoms with E-state index in [9.17, 15) is 9.59 Å². The summed E-state index contributed by atoms with van der Waals surface area (Å²) < 4.78 is 6.26. The Kier molecular flexibility index (Phi) is 7.51. The van der Waals surface area contributed by atoms with Crippen molar-refractivity contribution < 1.29 is 14.3 Å². The monoisotopic (exact) mass is 447 g/mol. The van der Waals surface area contributed by atoms with Crippen LogP contribution >= 0.6 is 28.1 Å². The molecule has 0 aliphatic carbocycles. The van der Waals surface area contributed by atoms with E-state index in [1.165, 1.54) is 0 Å². The second-order valence-electron chi connectivity index (χ2n) is 5.42. The Morgan fingerprint density at radius 3 is 2.63 bits per heavy atom. The van der Waals surface area contributed by atoms with Gasteiger partial charge in [-0.3, -0.25) is 25.8 Å². The Labute approximate surface area is 171 Å². The van der Waals surface area contributed by atoms with Crippen LogP contribution in [0.5, 0.6) is 5.75 Å². The summed E-state index contributed by atoms with van der Waals surface area (Å²) in [5, 5.41) is 2.47. The molecule has 0 spiro atoms. The zero-order chi connectivity index (χ0) is 19.8. The summed E-state index contributed by atoms with van der Waals surface area (Å²) in [6, 6.07) is 12.0. The van der Waals surface area contributed by atoms with Gasteiger partial charge in [-0.2, -0.15) is 0 Å². The van der Waals surface area contributed by atoms with Crippen molar-refractivity contribution in [3.8, 4) is 5.75 Å². The summed E-state index contributed by atoms with van der Waals surface area (Å²) in [6.07, 6.45) is 1.58. The predicted molar refractivity (Wildman–Crippen MR) is 112 cm³/mol. The van der Waals surface area contributed by atoms with Crippen LogP contribution in [0.3, 0.4) is 0 Å². The molecule has 6 nitrogen and oxygen atoms in total. The maximum atomic E-state index is 12.3.